The number of thiophene rings is 1. The van der Waals surface area contributed by atoms with Crippen molar-refractivity contribution in [1.29, 1.82) is 0 Å². The summed E-state index contributed by atoms with van der Waals surface area (Å²) < 4.78 is 6.07. The maximum absolute atomic E-state index is 12.4. The van der Waals surface area contributed by atoms with Crippen molar-refractivity contribution in [2.45, 2.75) is 11.1 Å². The quantitative estimate of drug-likeness (QED) is 0.285. The fourth-order valence-corrected chi connectivity index (χ4v) is 5.22. The molecule has 0 spiro atoms. The van der Waals surface area contributed by atoms with Crippen LogP contribution in [-0.2, 0) is 4.74 Å². The molecule has 3 rings (SSSR count). The lowest BCUT2D eigenvalue weighted by atomic mass is 10.3. The van der Waals surface area contributed by atoms with E-state index in [1.54, 1.807) is 17.8 Å². The first-order valence-electron chi connectivity index (χ1n) is 8.53. The van der Waals surface area contributed by atoms with Crippen LogP contribution in [0.15, 0.2) is 15.7 Å². The number of nitrogens with zero attached hydrogens (tertiary/aromatic N) is 2. The molecule has 0 bridgehead atoms. The van der Waals surface area contributed by atoms with Gasteiger partial charge < -0.3 is 15.4 Å². The minimum absolute atomic E-state index is 0.182. The highest BCUT2D eigenvalue weighted by atomic mass is 32.2. The number of hydrogen-bond donors (Lipinski definition) is 4. The summed E-state index contributed by atoms with van der Waals surface area (Å²) in [5.74, 6) is -0.403. The third kappa shape index (κ3) is 6.02. The Labute approximate surface area is 185 Å². The summed E-state index contributed by atoms with van der Waals surface area (Å²) in [6, 6.07) is 1.79. The van der Waals surface area contributed by atoms with Crippen LogP contribution in [-0.4, -0.2) is 59.7 Å². The van der Waals surface area contributed by atoms with E-state index in [-0.39, 0.29) is 6.61 Å². The highest BCUT2D eigenvalue weighted by Crippen LogP contribution is 2.38. The zero-order valence-corrected chi connectivity index (χ0v) is 19.0. The standard InChI is InChI=1S/C16H20N6O3S4/c1-9-6-28-13(19-9)10-5-11(29-14(10)27-2)12(23)20-21-16(24)25-4-3-22-7-17-15(26)18-8-22/h5-6H,3-4,7-8H2,1-2H3,(H,20,23)(H,21,24)(H2,17,18,26). The number of ether oxygens (including phenoxy) is 1. The minimum Gasteiger partial charge on any atom is -0.447 e. The summed E-state index contributed by atoms with van der Waals surface area (Å²) in [6.45, 7) is 3.82. The highest BCUT2D eigenvalue weighted by molar-refractivity contribution is 8.00. The van der Waals surface area contributed by atoms with Gasteiger partial charge in [0.25, 0.3) is 5.91 Å². The second kappa shape index (κ2) is 10.2. The van der Waals surface area contributed by atoms with E-state index in [0.717, 1.165) is 20.5 Å². The third-order valence-electron chi connectivity index (χ3n) is 3.80. The van der Waals surface area contributed by atoms with Gasteiger partial charge in [0, 0.05) is 23.2 Å². The predicted octanol–water partition coefficient (Wildman–Crippen LogP) is 1.97. The van der Waals surface area contributed by atoms with Crippen molar-refractivity contribution < 1.29 is 14.3 Å². The van der Waals surface area contributed by atoms with E-state index in [0.29, 0.717) is 29.9 Å². The zero-order valence-electron chi connectivity index (χ0n) is 15.7. The number of aromatic nitrogens is 1. The predicted molar refractivity (Wildman–Crippen MR) is 119 cm³/mol. The van der Waals surface area contributed by atoms with Gasteiger partial charge in [0.1, 0.15) is 11.6 Å². The fraction of sp³-hybridized carbons (Fsp3) is 0.375. The summed E-state index contributed by atoms with van der Waals surface area (Å²) in [4.78, 5) is 31.1. The van der Waals surface area contributed by atoms with Crippen LogP contribution in [0.5, 0.6) is 0 Å². The van der Waals surface area contributed by atoms with Crippen LogP contribution >= 0.6 is 46.7 Å². The fourth-order valence-electron chi connectivity index (χ4n) is 2.38. The van der Waals surface area contributed by atoms with E-state index in [9.17, 15) is 9.59 Å². The average Bonchev–Trinajstić information content (AvgIpc) is 3.33. The summed E-state index contributed by atoms with van der Waals surface area (Å²) in [5.41, 5.74) is 6.52. The first-order valence-corrected chi connectivity index (χ1v) is 11.9. The largest absolute Gasteiger partial charge is 0.447 e. The van der Waals surface area contributed by atoms with Crippen molar-refractivity contribution in [2.24, 2.45) is 0 Å². The number of thiocarbonyl (C=S) groups is 1. The summed E-state index contributed by atoms with van der Waals surface area (Å²) >= 11 is 9.42. The molecular formula is C16H20N6O3S4. The van der Waals surface area contributed by atoms with Crippen molar-refractivity contribution in [2.75, 3.05) is 32.7 Å². The molecule has 2 aromatic heterocycles. The number of carbonyl (C=O) groups is 2. The van der Waals surface area contributed by atoms with Gasteiger partial charge in [-0.1, -0.05) is 0 Å². The molecule has 2 aromatic rings. The summed E-state index contributed by atoms with van der Waals surface area (Å²) in [6.07, 6.45) is 1.23. The molecule has 29 heavy (non-hydrogen) atoms. The number of hydrogen-bond acceptors (Lipinski definition) is 9. The van der Waals surface area contributed by atoms with Gasteiger partial charge in [-0.3, -0.25) is 15.1 Å². The smallest absolute Gasteiger partial charge is 0.426 e. The van der Waals surface area contributed by atoms with Crippen LogP contribution in [0.1, 0.15) is 15.4 Å². The molecule has 9 nitrogen and oxygen atoms in total. The number of carbonyl (C=O) groups excluding carboxylic acids is 2. The SMILES string of the molecule is CSc1sc(C(=O)NNC(=O)OCCN2CNC(=S)NC2)cc1-c1nc(C)cs1. The van der Waals surface area contributed by atoms with Crippen molar-refractivity contribution in [3.05, 3.63) is 22.0 Å². The van der Waals surface area contributed by atoms with E-state index in [1.165, 1.54) is 22.7 Å². The third-order valence-corrected chi connectivity index (χ3v) is 7.35. The van der Waals surface area contributed by atoms with E-state index >= 15 is 0 Å². The lowest BCUT2D eigenvalue weighted by molar-refractivity contribution is 0.0899. The number of thioether (sulfide) groups is 1. The molecule has 1 saturated heterocycles. The van der Waals surface area contributed by atoms with Crippen LogP contribution in [0.4, 0.5) is 4.79 Å². The molecule has 0 aliphatic carbocycles. The van der Waals surface area contributed by atoms with Gasteiger partial charge in [-0.25, -0.2) is 15.2 Å². The lowest BCUT2D eigenvalue weighted by Crippen LogP contribution is -2.54. The Kier molecular flexibility index (Phi) is 7.66. The van der Waals surface area contributed by atoms with Gasteiger partial charge in [-0.15, -0.1) is 34.4 Å². The average molecular weight is 473 g/mol. The van der Waals surface area contributed by atoms with Crippen LogP contribution in [0.3, 0.4) is 0 Å². The monoisotopic (exact) mass is 472 g/mol. The number of thiazole rings is 1. The summed E-state index contributed by atoms with van der Waals surface area (Å²) in [7, 11) is 0. The van der Waals surface area contributed by atoms with Crippen LogP contribution in [0.2, 0.25) is 0 Å². The van der Waals surface area contributed by atoms with Gasteiger partial charge in [0.15, 0.2) is 5.11 Å². The molecule has 13 heteroatoms. The second-order valence-corrected chi connectivity index (χ2v) is 9.31. The van der Waals surface area contributed by atoms with Gasteiger partial charge in [0.2, 0.25) is 0 Å². The zero-order chi connectivity index (χ0) is 20.8. The number of aryl methyl sites for hydroxylation is 1. The molecule has 2 amide bonds. The van der Waals surface area contributed by atoms with E-state index in [2.05, 4.69) is 26.5 Å². The lowest BCUT2D eigenvalue weighted by Gasteiger charge is -2.29. The normalized spacial score (nSPS) is 14.1. The van der Waals surface area contributed by atoms with Crippen LogP contribution < -0.4 is 21.5 Å². The molecule has 156 valence electrons. The Morgan fingerprint density at radius 2 is 2.14 bits per heavy atom. The van der Waals surface area contributed by atoms with Crippen molar-refractivity contribution in [3.63, 3.8) is 0 Å². The molecule has 0 radical (unpaired) electrons. The van der Waals surface area contributed by atoms with Gasteiger partial charge >= 0.3 is 6.09 Å². The maximum atomic E-state index is 12.4. The first kappa shape index (κ1) is 21.8. The second-order valence-electron chi connectivity index (χ2n) is 5.92. The number of amides is 2. The van der Waals surface area contributed by atoms with Crippen molar-refractivity contribution in [1.82, 2.24) is 31.4 Å². The van der Waals surface area contributed by atoms with Crippen molar-refractivity contribution in [3.8, 4) is 10.6 Å². The van der Waals surface area contributed by atoms with E-state index in [1.807, 2.05) is 23.5 Å². The molecule has 0 atom stereocenters. The Morgan fingerprint density at radius 1 is 1.38 bits per heavy atom. The van der Waals surface area contributed by atoms with Gasteiger partial charge in [-0.05, 0) is 31.5 Å². The molecule has 4 N–H and O–H groups in total. The summed E-state index contributed by atoms with van der Waals surface area (Å²) in [5, 5.41) is 9.41. The Balaban J connectivity index is 1.46. The highest BCUT2D eigenvalue weighted by Gasteiger charge is 2.18. The minimum atomic E-state index is -0.718. The van der Waals surface area contributed by atoms with Crippen LogP contribution in [0.25, 0.3) is 10.6 Å². The van der Waals surface area contributed by atoms with E-state index in [4.69, 9.17) is 17.0 Å². The van der Waals surface area contributed by atoms with Gasteiger partial charge in [0.05, 0.1) is 22.4 Å². The molecular weight excluding hydrogens is 452 g/mol. The number of rotatable bonds is 6. The Morgan fingerprint density at radius 3 is 2.79 bits per heavy atom. The Hall–Kier alpha value is -1.93. The molecule has 0 unspecified atom stereocenters. The molecule has 0 aromatic carbocycles. The Bertz CT molecular complexity index is 889. The molecule has 0 saturated carbocycles. The topological polar surface area (TPSA) is 108 Å². The van der Waals surface area contributed by atoms with E-state index < -0.39 is 12.0 Å². The van der Waals surface area contributed by atoms with Gasteiger partial charge in [-0.2, -0.15) is 0 Å². The number of nitrogens with one attached hydrogen (secondary N) is 4. The van der Waals surface area contributed by atoms with Crippen LogP contribution in [0, 0.1) is 6.92 Å². The molecule has 1 aliphatic heterocycles. The maximum Gasteiger partial charge on any atom is 0.426 e. The molecule has 1 fully saturated rings. The molecule has 3 heterocycles. The number of hydrazine groups is 1. The van der Waals surface area contributed by atoms with Crippen molar-refractivity contribution >= 4 is 63.8 Å². The first-order chi connectivity index (χ1) is 14.0. The molecule has 1 aliphatic rings.